The van der Waals surface area contributed by atoms with Gasteiger partial charge >= 0.3 is 11.9 Å². The predicted octanol–water partition coefficient (Wildman–Crippen LogP) is 4.06. The number of hydrogen-bond acceptors (Lipinski definition) is 9. The molecule has 0 radical (unpaired) electrons. The molecule has 1 aliphatic heterocycles. The van der Waals surface area contributed by atoms with Crippen LogP contribution in [0.2, 0.25) is 5.02 Å². The van der Waals surface area contributed by atoms with E-state index in [0.717, 1.165) is 23.0 Å². The van der Waals surface area contributed by atoms with Crippen molar-refractivity contribution in [2.75, 3.05) is 44.8 Å². The van der Waals surface area contributed by atoms with Gasteiger partial charge in [-0.25, -0.2) is 18.0 Å². The molecule has 0 aliphatic carbocycles. The number of nitrogens with zero attached hydrogens (tertiary/aromatic N) is 1. The lowest BCUT2D eigenvalue weighted by Gasteiger charge is -2.26. The highest BCUT2D eigenvalue weighted by atomic mass is 35.5. The van der Waals surface area contributed by atoms with E-state index in [1.54, 1.807) is 12.3 Å². The molecule has 1 saturated heterocycles. The number of hydrogen-bond donors (Lipinski definition) is 1. The Morgan fingerprint density at radius 1 is 1.05 bits per heavy atom. The summed E-state index contributed by atoms with van der Waals surface area (Å²) < 4.78 is 42.8. The molecule has 2 aromatic carbocycles. The highest BCUT2D eigenvalue weighted by Gasteiger charge is 2.29. The summed E-state index contributed by atoms with van der Waals surface area (Å²) in [5.41, 5.74) is 1.48. The molecule has 1 aromatic heterocycles. The van der Waals surface area contributed by atoms with Crippen molar-refractivity contribution in [3.05, 3.63) is 70.1 Å². The number of esters is 2. The van der Waals surface area contributed by atoms with Gasteiger partial charge < -0.3 is 19.5 Å². The van der Waals surface area contributed by atoms with Crippen LogP contribution in [0.4, 0.5) is 5.00 Å². The highest BCUT2D eigenvalue weighted by molar-refractivity contribution is 7.89. The number of halogens is 1. The molecule has 1 amide bonds. The number of ether oxygens (including phenoxy) is 3. The molecule has 0 spiro atoms. The first-order chi connectivity index (χ1) is 18.7. The number of carbonyl (C=O) groups is 3. The molecule has 3 aromatic rings. The molecule has 4 rings (SSSR count). The fraction of sp³-hybridized carbons (Fsp3) is 0.269. The van der Waals surface area contributed by atoms with Crippen LogP contribution in [0.25, 0.3) is 11.1 Å². The summed E-state index contributed by atoms with van der Waals surface area (Å²) in [5, 5.41) is 4.53. The van der Waals surface area contributed by atoms with Gasteiger partial charge in [-0.15, -0.1) is 11.3 Å². The smallest absolute Gasteiger partial charge is 0.341 e. The molecule has 206 valence electrons. The lowest BCUT2D eigenvalue weighted by Crippen LogP contribution is -2.40. The van der Waals surface area contributed by atoms with Gasteiger partial charge in [0, 0.05) is 24.0 Å². The number of thiophene rings is 1. The molecule has 0 unspecified atom stereocenters. The minimum absolute atomic E-state index is 0.0470. The Bertz CT molecular complexity index is 1470. The maximum absolute atomic E-state index is 13.0. The minimum Gasteiger partial charge on any atom is -0.462 e. The van der Waals surface area contributed by atoms with Gasteiger partial charge in [0.15, 0.2) is 6.61 Å². The van der Waals surface area contributed by atoms with Gasteiger partial charge in [-0.3, -0.25) is 4.79 Å². The summed E-state index contributed by atoms with van der Waals surface area (Å²) in [5.74, 6) is -2.20. The van der Waals surface area contributed by atoms with Crippen LogP contribution in [0.5, 0.6) is 0 Å². The number of benzene rings is 2. The number of amides is 1. The third-order valence-corrected chi connectivity index (χ3v) is 8.97. The van der Waals surface area contributed by atoms with E-state index in [1.807, 2.05) is 30.3 Å². The summed E-state index contributed by atoms with van der Waals surface area (Å²) in [7, 11) is -3.97. The Kier molecular flexibility index (Phi) is 9.36. The summed E-state index contributed by atoms with van der Waals surface area (Å²) in [6.45, 7) is 1.99. The molecule has 1 fully saturated rings. The van der Waals surface area contributed by atoms with Crippen LogP contribution in [0.15, 0.2) is 58.8 Å². The van der Waals surface area contributed by atoms with Gasteiger partial charge in [-0.2, -0.15) is 4.31 Å². The average molecular weight is 593 g/mol. The molecule has 1 aliphatic rings. The zero-order valence-corrected chi connectivity index (χ0v) is 23.2. The first kappa shape index (κ1) is 28.7. The molecule has 2 heterocycles. The van der Waals surface area contributed by atoms with Gasteiger partial charge in [0.2, 0.25) is 10.0 Å². The fourth-order valence-electron chi connectivity index (χ4n) is 3.82. The molecular weight excluding hydrogens is 568 g/mol. The molecule has 39 heavy (non-hydrogen) atoms. The number of anilines is 1. The Labute approximate surface area is 234 Å². The number of morpholine rings is 1. The molecule has 0 bridgehead atoms. The van der Waals surface area contributed by atoms with E-state index in [9.17, 15) is 22.8 Å². The van der Waals surface area contributed by atoms with E-state index in [4.69, 9.17) is 25.8 Å². The second kappa shape index (κ2) is 12.7. The lowest BCUT2D eigenvalue weighted by atomic mass is 10.0. The van der Waals surface area contributed by atoms with Gasteiger partial charge in [0.05, 0.1) is 30.4 Å². The minimum atomic E-state index is -3.97. The number of rotatable bonds is 9. The van der Waals surface area contributed by atoms with Crippen LogP contribution in [-0.2, 0) is 29.0 Å². The fourth-order valence-corrected chi connectivity index (χ4v) is 6.70. The van der Waals surface area contributed by atoms with Crippen molar-refractivity contribution in [2.24, 2.45) is 0 Å². The zero-order valence-electron chi connectivity index (χ0n) is 20.8. The summed E-state index contributed by atoms with van der Waals surface area (Å²) in [6.07, 6.45) is 0. The van der Waals surface area contributed by atoms with Crippen LogP contribution in [0.3, 0.4) is 0 Å². The van der Waals surface area contributed by atoms with Gasteiger partial charge in [0.25, 0.3) is 5.91 Å². The van der Waals surface area contributed by atoms with E-state index >= 15 is 0 Å². The predicted molar refractivity (Wildman–Crippen MR) is 146 cm³/mol. The number of sulfonamides is 1. The molecule has 0 atom stereocenters. The van der Waals surface area contributed by atoms with E-state index in [2.05, 4.69) is 5.32 Å². The normalized spacial score (nSPS) is 14.0. The zero-order chi connectivity index (χ0) is 28.0. The van der Waals surface area contributed by atoms with Gasteiger partial charge in [-0.05, 0) is 30.7 Å². The topological polar surface area (TPSA) is 128 Å². The van der Waals surface area contributed by atoms with E-state index in [1.165, 1.54) is 16.4 Å². The highest BCUT2D eigenvalue weighted by Crippen LogP contribution is 2.36. The maximum atomic E-state index is 13.0. The second-order valence-corrected chi connectivity index (χ2v) is 11.4. The van der Waals surface area contributed by atoms with Gasteiger partial charge in [0.1, 0.15) is 15.5 Å². The Hall–Kier alpha value is -3.29. The van der Waals surface area contributed by atoms with E-state index < -0.39 is 34.5 Å². The largest absolute Gasteiger partial charge is 0.462 e. The van der Waals surface area contributed by atoms with Crippen molar-refractivity contribution < 1.29 is 37.0 Å². The first-order valence-electron chi connectivity index (χ1n) is 11.9. The average Bonchev–Trinajstić information content (AvgIpc) is 3.36. The van der Waals surface area contributed by atoms with Crippen LogP contribution < -0.4 is 5.32 Å². The Morgan fingerprint density at radius 2 is 1.77 bits per heavy atom. The standard InChI is InChI=1S/C26H25ClN2O8S2/c1-2-36-26(32)23-19(17-6-4-3-5-7-17)16-38-24(23)28-22(30)15-37-25(31)18-8-9-20(27)21(14-18)39(33,34)29-10-12-35-13-11-29/h3-9,14,16H,2,10-13,15H2,1H3,(H,28,30). The number of carbonyl (C=O) groups excluding carboxylic acids is 3. The van der Waals surface area contributed by atoms with Crippen LogP contribution in [0, 0.1) is 0 Å². The quantitative estimate of drug-likeness (QED) is 0.368. The Morgan fingerprint density at radius 3 is 2.46 bits per heavy atom. The molecule has 1 N–H and O–H groups in total. The first-order valence-corrected chi connectivity index (χ1v) is 14.6. The van der Waals surface area contributed by atoms with Crippen LogP contribution in [-0.4, -0.2) is 70.1 Å². The van der Waals surface area contributed by atoms with Gasteiger partial charge in [-0.1, -0.05) is 41.9 Å². The third-order valence-electron chi connectivity index (χ3n) is 5.70. The summed E-state index contributed by atoms with van der Waals surface area (Å²) in [4.78, 5) is 37.8. The molecular formula is C26H25ClN2O8S2. The molecule has 13 heteroatoms. The summed E-state index contributed by atoms with van der Waals surface area (Å²) in [6, 6.07) is 12.9. The monoisotopic (exact) mass is 592 g/mol. The van der Waals surface area contributed by atoms with Crippen molar-refractivity contribution in [2.45, 2.75) is 11.8 Å². The van der Waals surface area contributed by atoms with Crippen molar-refractivity contribution in [3.63, 3.8) is 0 Å². The third kappa shape index (κ3) is 6.65. The van der Waals surface area contributed by atoms with E-state index in [-0.39, 0.29) is 59.0 Å². The van der Waals surface area contributed by atoms with Crippen LogP contribution >= 0.6 is 22.9 Å². The van der Waals surface area contributed by atoms with E-state index in [0.29, 0.717) is 5.56 Å². The van der Waals surface area contributed by atoms with Crippen molar-refractivity contribution in [1.82, 2.24) is 4.31 Å². The Balaban J connectivity index is 1.46. The maximum Gasteiger partial charge on any atom is 0.341 e. The molecule has 10 nitrogen and oxygen atoms in total. The second-order valence-electron chi connectivity index (χ2n) is 8.23. The van der Waals surface area contributed by atoms with Crippen molar-refractivity contribution in [1.29, 1.82) is 0 Å². The number of nitrogens with one attached hydrogen (secondary N) is 1. The van der Waals surface area contributed by atoms with Crippen molar-refractivity contribution in [3.8, 4) is 11.1 Å². The summed E-state index contributed by atoms with van der Waals surface area (Å²) >= 11 is 7.28. The van der Waals surface area contributed by atoms with Crippen LogP contribution in [0.1, 0.15) is 27.6 Å². The lowest BCUT2D eigenvalue weighted by molar-refractivity contribution is -0.119. The SMILES string of the molecule is CCOC(=O)c1c(-c2ccccc2)csc1NC(=O)COC(=O)c1ccc(Cl)c(S(=O)(=O)N2CCOCC2)c1. The van der Waals surface area contributed by atoms with Crippen molar-refractivity contribution >= 4 is 55.8 Å². The molecule has 0 saturated carbocycles.